The number of amides is 1. The number of esters is 1. The number of rotatable bonds is 10. The summed E-state index contributed by atoms with van der Waals surface area (Å²) in [5.41, 5.74) is 1.25. The maximum absolute atomic E-state index is 12.9. The van der Waals surface area contributed by atoms with Crippen LogP contribution in [0.3, 0.4) is 0 Å². The lowest BCUT2D eigenvalue weighted by Gasteiger charge is -2.27. The van der Waals surface area contributed by atoms with Crippen LogP contribution in [-0.2, 0) is 19.0 Å². The van der Waals surface area contributed by atoms with E-state index in [1.54, 1.807) is 42.1 Å². The van der Waals surface area contributed by atoms with Crippen LogP contribution in [0.25, 0.3) is 10.8 Å². The number of ether oxygens (including phenoxy) is 3. The van der Waals surface area contributed by atoms with Gasteiger partial charge in [-0.15, -0.1) is 11.8 Å². The third kappa shape index (κ3) is 6.59. The van der Waals surface area contributed by atoms with Crippen molar-refractivity contribution in [2.75, 3.05) is 31.0 Å². The van der Waals surface area contributed by atoms with Crippen molar-refractivity contribution in [3.8, 4) is 5.75 Å². The van der Waals surface area contributed by atoms with E-state index in [9.17, 15) is 14.7 Å². The van der Waals surface area contributed by atoms with Gasteiger partial charge in [0.1, 0.15) is 11.9 Å². The largest absolute Gasteiger partial charge is 0.507 e. The smallest absolute Gasteiger partial charge is 0.412 e. The molecule has 0 heterocycles. The van der Waals surface area contributed by atoms with E-state index < -0.39 is 24.3 Å². The Morgan fingerprint density at radius 2 is 1.76 bits per heavy atom. The molecule has 0 aliphatic rings. The molecule has 0 aliphatic carbocycles. The number of carbonyl (C=O) groups excluding carboxylic acids is 2. The second-order valence-electron chi connectivity index (χ2n) is 7.34. The lowest BCUT2D eigenvalue weighted by atomic mass is 9.95. The average molecular weight is 502 g/mol. The molecular formula is C25H27NO6S2. The van der Waals surface area contributed by atoms with Gasteiger partial charge in [-0.2, -0.15) is 12.6 Å². The minimum absolute atomic E-state index is 0.0299. The van der Waals surface area contributed by atoms with Crippen molar-refractivity contribution >= 4 is 52.9 Å². The summed E-state index contributed by atoms with van der Waals surface area (Å²) in [4.78, 5) is 25.4. The molecule has 0 aromatic heterocycles. The van der Waals surface area contributed by atoms with Crippen molar-refractivity contribution in [2.45, 2.75) is 23.5 Å². The number of nitrogens with one attached hydrogen (secondary N) is 1. The summed E-state index contributed by atoms with van der Waals surface area (Å²) in [7, 11) is 1.50. The highest BCUT2D eigenvalue weighted by molar-refractivity contribution is 7.98. The molecule has 2 N–H and O–H groups in total. The zero-order valence-electron chi connectivity index (χ0n) is 18.9. The molecule has 0 unspecified atom stereocenters. The molecule has 180 valence electrons. The first-order valence-corrected chi connectivity index (χ1v) is 12.4. The fourth-order valence-electron chi connectivity index (χ4n) is 3.56. The number of phenols is 1. The monoisotopic (exact) mass is 501 g/mol. The highest BCUT2D eigenvalue weighted by Gasteiger charge is 2.29. The Hall–Kier alpha value is -2.88. The Bertz CT molecular complexity index is 1120. The Kier molecular flexibility index (Phi) is 9.50. The Morgan fingerprint density at radius 1 is 1.06 bits per heavy atom. The highest BCUT2D eigenvalue weighted by Crippen LogP contribution is 2.35. The lowest BCUT2D eigenvalue weighted by Crippen LogP contribution is -2.29. The molecule has 3 rings (SSSR count). The van der Waals surface area contributed by atoms with Crippen molar-refractivity contribution < 1.29 is 28.9 Å². The molecule has 34 heavy (non-hydrogen) atoms. The van der Waals surface area contributed by atoms with E-state index in [1.165, 1.54) is 7.11 Å². The van der Waals surface area contributed by atoms with E-state index in [-0.39, 0.29) is 24.5 Å². The maximum atomic E-state index is 12.9. The van der Waals surface area contributed by atoms with Crippen LogP contribution in [0, 0.1) is 0 Å². The Balaban J connectivity index is 1.89. The van der Waals surface area contributed by atoms with Gasteiger partial charge >= 0.3 is 12.1 Å². The van der Waals surface area contributed by atoms with Crippen LogP contribution >= 0.6 is 24.4 Å². The summed E-state index contributed by atoms with van der Waals surface area (Å²) in [6, 6.07) is 17.9. The standard InChI is InChI=1S/C25H27NO6S2/c1-30-22(13-14-31-23(28)15-33)24(20-11-12-21(27)19-6-4-3-5-18(19)20)32-25(29)26-16-7-9-17(34-2)10-8-16/h3-12,22,24,27,33H,13-15H2,1-2H3,(H,26,29)/t22-,24-/m1/s1. The quantitative estimate of drug-likeness (QED) is 0.194. The molecule has 3 aromatic rings. The van der Waals surface area contributed by atoms with Crippen LogP contribution in [0.5, 0.6) is 5.75 Å². The SMILES string of the molecule is CO[C@H](CCOC(=O)CS)[C@H](OC(=O)Nc1ccc(SC)cc1)c1ccc(O)c2ccccc12. The van der Waals surface area contributed by atoms with E-state index in [0.29, 0.717) is 16.6 Å². The van der Waals surface area contributed by atoms with Crippen molar-refractivity contribution in [3.05, 3.63) is 66.2 Å². The summed E-state index contributed by atoms with van der Waals surface area (Å²) in [5.74, 6) is -0.358. The molecule has 0 bridgehead atoms. The van der Waals surface area contributed by atoms with Crippen LogP contribution < -0.4 is 5.32 Å². The number of hydrogen-bond acceptors (Lipinski definition) is 8. The second-order valence-corrected chi connectivity index (χ2v) is 8.54. The molecule has 0 saturated heterocycles. The minimum atomic E-state index is -0.837. The summed E-state index contributed by atoms with van der Waals surface area (Å²) < 4.78 is 16.7. The first kappa shape index (κ1) is 25.7. The number of benzene rings is 3. The molecule has 0 radical (unpaired) electrons. The van der Waals surface area contributed by atoms with Gasteiger partial charge in [-0.1, -0.05) is 30.3 Å². The number of phenolic OH excluding ortho intramolecular Hbond substituents is 1. The number of thiol groups is 1. The number of aromatic hydroxyl groups is 1. The molecule has 0 aliphatic heterocycles. The van der Waals surface area contributed by atoms with Crippen molar-refractivity contribution in [1.29, 1.82) is 0 Å². The molecular weight excluding hydrogens is 474 g/mol. The van der Waals surface area contributed by atoms with Crippen LogP contribution in [0.2, 0.25) is 0 Å². The fraction of sp³-hybridized carbons (Fsp3) is 0.280. The molecule has 7 nitrogen and oxygen atoms in total. The molecule has 3 aromatic carbocycles. The average Bonchev–Trinajstić information content (AvgIpc) is 2.86. The molecule has 0 fully saturated rings. The number of anilines is 1. The van der Waals surface area contributed by atoms with Crippen molar-refractivity contribution in [3.63, 3.8) is 0 Å². The summed E-state index contributed by atoms with van der Waals surface area (Å²) in [6.07, 6.45) is 0.141. The van der Waals surface area contributed by atoms with Crippen molar-refractivity contribution in [1.82, 2.24) is 0 Å². The minimum Gasteiger partial charge on any atom is -0.507 e. The van der Waals surface area contributed by atoms with Gasteiger partial charge in [-0.25, -0.2) is 4.79 Å². The van der Waals surface area contributed by atoms with E-state index in [1.807, 2.05) is 36.6 Å². The van der Waals surface area contributed by atoms with E-state index in [4.69, 9.17) is 14.2 Å². The topological polar surface area (TPSA) is 94.1 Å². The van der Waals surface area contributed by atoms with Crippen molar-refractivity contribution in [2.24, 2.45) is 0 Å². The molecule has 2 atom stereocenters. The lowest BCUT2D eigenvalue weighted by molar-refractivity contribution is -0.141. The second kappa shape index (κ2) is 12.5. The normalized spacial score (nSPS) is 12.7. The van der Waals surface area contributed by atoms with Gasteiger partial charge in [0.2, 0.25) is 0 Å². The van der Waals surface area contributed by atoms with Gasteiger partial charge in [-0.05, 0) is 42.0 Å². The number of carbonyl (C=O) groups is 2. The first-order valence-electron chi connectivity index (χ1n) is 10.6. The predicted octanol–water partition coefficient (Wildman–Crippen LogP) is 5.44. The predicted molar refractivity (Wildman–Crippen MR) is 137 cm³/mol. The number of thioether (sulfide) groups is 1. The van der Waals surface area contributed by atoms with Crippen LogP contribution in [-0.4, -0.2) is 49.0 Å². The van der Waals surface area contributed by atoms with E-state index in [0.717, 1.165) is 10.3 Å². The Morgan fingerprint density at radius 3 is 2.41 bits per heavy atom. The zero-order chi connectivity index (χ0) is 24.5. The summed E-state index contributed by atoms with van der Waals surface area (Å²) >= 11 is 5.51. The summed E-state index contributed by atoms with van der Waals surface area (Å²) in [6.45, 7) is 0.0749. The molecule has 9 heteroatoms. The van der Waals surface area contributed by atoms with E-state index in [2.05, 4.69) is 17.9 Å². The van der Waals surface area contributed by atoms with Gasteiger partial charge in [0.25, 0.3) is 0 Å². The van der Waals surface area contributed by atoms with Gasteiger partial charge < -0.3 is 19.3 Å². The molecule has 0 saturated carbocycles. The maximum Gasteiger partial charge on any atom is 0.412 e. The number of hydrogen-bond donors (Lipinski definition) is 3. The van der Waals surface area contributed by atoms with Crippen LogP contribution in [0.1, 0.15) is 18.1 Å². The van der Waals surface area contributed by atoms with Crippen LogP contribution in [0.4, 0.5) is 10.5 Å². The highest BCUT2D eigenvalue weighted by atomic mass is 32.2. The number of methoxy groups -OCH3 is 1. The fourth-order valence-corrected chi connectivity index (χ4v) is 4.06. The third-order valence-corrected chi connectivity index (χ3v) is 6.25. The van der Waals surface area contributed by atoms with Gasteiger partial charge in [0, 0.05) is 35.1 Å². The van der Waals surface area contributed by atoms with Gasteiger partial charge in [0.05, 0.1) is 12.4 Å². The Labute approximate surface area is 208 Å². The van der Waals surface area contributed by atoms with Crippen LogP contribution in [0.15, 0.2) is 65.6 Å². The van der Waals surface area contributed by atoms with Gasteiger partial charge in [0.15, 0.2) is 6.10 Å². The van der Waals surface area contributed by atoms with E-state index >= 15 is 0 Å². The third-order valence-electron chi connectivity index (χ3n) is 5.25. The molecule has 1 amide bonds. The zero-order valence-corrected chi connectivity index (χ0v) is 20.6. The number of fused-ring (bicyclic) bond motifs is 1. The van der Waals surface area contributed by atoms with Gasteiger partial charge in [-0.3, -0.25) is 10.1 Å². The first-order chi connectivity index (χ1) is 16.5. The summed E-state index contributed by atoms with van der Waals surface area (Å²) in [5, 5.41) is 14.4. The molecule has 0 spiro atoms.